The third-order valence-electron chi connectivity index (χ3n) is 5.84. The zero-order chi connectivity index (χ0) is 25.2. The first-order valence-electron chi connectivity index (χ1n) is 11.2. The Morgan fingerprint density at radius 2 is 1.64 bits per heavy atom. The SMILES string of the molecule is C=C(Oc1ccc(Cl)cc1)C(=O)N1CCN(c2nc(N)nc3ccc(-c4ccc(F)cc4)nc23)CC1. The molecular weight excluding hydrogens is 483 g/mol. The first-order chi connectivity index (χ1) is 17.4. The number of amides is 1. The quantitative estimate of drug-likeness (QED) is 0.319. The fourth-order valence-corrected chi connectivity index (χ4v) is 4.13. The lowest BCUT2D eigenvalue weighted by atomic mass is 10.1. The Hall–Kier alpha value is -4.24. The number of nitrogens with two attached hydrogens (primary N) is 1. The van der Waals surface area contributed by atoms with Crippen molar-refractivity contribution in [1.29, 1.82) is 0 Å². The molecule has 10 heteroatoms. The Morgan fingerprint density at radius 3 is 2.33 bits per heavy atom. The molecule has 2 N–H and O–H groups in total. The molecule has 0 bridgehead atoms. The van der Waals surface area contributed by atoms with E-state index >= 15 is 0 Å². The highest BCUT2D eigenvalue weighted by Crippen LogP contribution is 2.28. The highest BCUT2D eigenvalue weighted by Gasteiger charge is 2.26. The number of carbonyl (C=O) groups is 1. The maximum absolute atomic E-state index is 13.4. The molecule has 1 aliphatic heterocycles. The van der Waals surface area contributed by atoms with Gasteiger partial charge < -0.3 is 20.3 Å². The summed E-state index contributed by atoms with van der Waals surface area (Å²) in [6, 6.07) is 16.5. The fourth-order valence-electron chi connectivity index (χ4n) is 4.00. The summed E-state index contributed by atoms with van der Waals surface area (Å²) in [6.45, 7) is 5.68. The molecular formula is C26H22ClFN6O2. The van der Waals surface area contributed by atoms with E-state index < -0.39 is 0 Å². The number of halogens is 2. The van der Waals surface area contributed by atoms with Crippen molar-refractivity contribution in [2.24, 2.45) is 0 Å². The molecule has 0 radical (unpaired) electrons. The summed E-state index contributed by atoms with van der Waals surface area (Å²) in [5.41, 5.74) is 8.61. The van der Waals surface area contributed by atoms with Gasteiger partial charge in [-0.15, -0.1) is 0 Å². The van der Waals surface area contributed by atoms with Crippen molar-refractivity contribution in [2.45, 2.75) is 0 Å². The summed E-state index contributed by atoms with van der Waals surface area (Å²) in [4.78, 5) is 30.1. The Labute approximate surface area is 211 Å². The number of nitrogens with zero attached hydrogens (tertiary/aromatic N) is 5. The van der Waals surface area contributed by atoms with Crippen molar-refractivity contribution >= 4 is 40.3 Å². The molecule has 182 valence electrons. The molecule has 36 heavy (non-hydrogen) atoms. The molecule has 1 saturated heterocycles. The van der Waals surface area contributed by atoms with Crippen molar-refractivity contribution in [3.63, 3.8) is 0 Å². The zero-order valence-corrected chi connectivity index (χ0v) is 20.0. The lowest BCUT2D eigenvalue weighted by Crippen LogP contribution is -2.49. The topological polar surface area (TPSA) is 97.5 Å². The Kier molecular flexibility index (Phi) is 6.39. The summed E-state index contributed by atoms with van der Waals surface area (Å²) in [5, 5.41) is 0.576. The second-order valence-corrected chi connectivity index (χ2v) is 8.67. The molecule has 0 saturated carbocycles. The Morgan fingerprint density at radius 1 is 0.944 bits per heavy atom. The minimum absolute atomic E-state index is 0.0353. The number of anilines is 2. The molecule has 0 atom stereocenters. The largest absolute Gasteiger partial charge is 0.452 e. The number of nitrogen functional groups attached to an aromatic ring is 1. The van der Waals surface area contributed by atoms with E-state index in [1.807, 2.05) is 17.0 Å². The second-order valence-electron chi connectivity index (χ2n) is 8.23. The van der Waals surface area contributed by atoms with Crippen LogP contribution in [-0.2, 0) is 4.79 Å². The standard InChI is InChI=1S/C26H22ClFN6O2/c1-16(36-20-8-4-18(27)5-9-20)25(35)34-14-12-33(13-15-34)24-23-22(31-26(29)32-24)11-10-21(30-23)17-2-6-19(28)7-3-17/h2-11H,1,12-15H2,(H2,29,31,32). The molecule has 0 unspecified atom stereocenters. The van der Waals surface area contributed by atoms with Gasteiger partial charge in [0.15, 0.2) is 11.6 Å². The molecule has 5 rings (SSSR count). The van der Waals surface area contributed by atoms with Crippen LogP contribution in [0, 0.1) is 5.82 Å². The number of rotatable bonds is 5. The molecule has 0 spiro atoms. The van der Waals surface area contributed by atoms with Gasteiger partial charge >= 0.3 is 0 Å². The van der Waals surface area contributed by atoms with E-state index in [2.05, 4.69) is 16.5 Å². The summed E-state index contributed by atoms with van der Waals surface area (Å²) in [7, 11) is 0. The zero-order valence-electron chi connectivity index (χ0n) is 19.2. The van der Waals surface area contributed by atoms with Crippen LogP contribution in [0.3, 0.4) is 0 Å². The van der Waals surface area contributed by atoms with E-state index in [9.17, 15) is 9.18 Å². The van der Waals surface area contributed by atoms with E-state index in [4.69, 9.17) is 27.1 Å². The van der Waals surface area contributed by atoms with Crippen LogP contribution in [0.4, 0.5) is 16.2 Å². The first-order valence-corrected chi connectivity index (χ1v) is 11.6. The summed E-state index contributed by atoms with van der Waals surface area (Å²) in [5.74, 6) is 0.649. The van der Waals surface area contributed by atoms with Gasteiger partial charge in [0, 0.05) is 36.8 Å². The number of hydrogen-bond acceptors (Lipinski definition) is 7. The molecule has 1 amide bonds. The van der Waals surface area contributed by atoms with Gasteiger partial charge in [-0.2, -0.15) is 4.98 Å². The summed E-state index contributed by atoms with van der Waals surface area (Å²) >= 11 is 5.90. The van der Waals surface area contributed by atoms with E-state index in [1.54, 1.807) is 41.3 Å². The van der Waals surface area contributed by atoms with Crippen LogP contribution in [-0.4, -0.2) is 51.9 Å². The minimum Gasteiger partial charge on any atom is -0.452 e. The van der Waals surface area contributed by atoms with Crippen molar-refractivity contribution in [3.05, 3.63) is 83.8 Å². The predicted molar refractivity (Wildman–Crippen MR) is 137 cm³/mol. The van der Waals surface area contributed by atoms with Crippen molar-refractivity contribution in [3.8, 4) is 17.0 Å². The Balaban J connectivity index is 1.33. The highest BCUT2D eigenvalue weighted by atomic mass is 35.5. The van der Waals surface area contributed by atoms with Gasteiger partial charge in [-0.1, -0.05) is 18.2 Å². The lowest BCUT2D eigenvalue weighted by molar-refractivity contribution is -0.129. The lowest BCUT2D eigenvalue weighted by Gasteiger charge is -2.35. The van der Waals surface area contributed by atoms with E-state index in [0.717, 1.165) is 5.56 Å². The number of fused-ring (bicyclic) bond motifs is 1. The third kappa shape index (κ3) is 4.92. The number of ether oxygens (including phenoxy) is 1. The van der Waals surface area contributed by atoms with Gasteiger partial charge in [-0.25, -0.2) is 14.4 Å². The molecule has 1 aliphatic rings. The molecule has 2 aromatic carbocycles. The molecule has 3 heterocycles. The smallest absolute Gasteiger partial charge is 0.289 e. The number of pyridine rings is 1. The number of piperazine rings is 1. The number of benzene rings is 2. The maximum atomic E-state index is 13.4. The summed E-state index contributed by atoms with van der Waals surface area (Å²) in [6.07, 6.45) is 0. The van der Waals surface area contributed by atoms with Gasteiger partial charge in [-0.05, 0) is 60.7 Å². The normalized spacial score (nSPS) is 13.6. The van der Waals surface area contributed by atoms with Crippen LogP contribution in [0.25, 0.3) is 22.3 Å². The third-order valence-corrected chi connectivity index (χ3v) is 6.09. The number of carbonyl (C=O) groups excluding carboxylic acids is 1. The van der Waals surface area contributed by atoms with Gasteiger partial charge in [-0.3, -0.25) is 4.79 Å². The van der Waals surface area contributed by atoms with Crippen molar-refractivity contribution < 1.29 is 13.9 Å². The summed E-state index contributed by atoms with van der Waals surface area (Å²) < 4.78 is 19.0. The average molecular weight is 505 g/mol. The van der Waals surface area contributed by atoms with Gasteiger partial charge in [0.2, 0.25) is 5.95 Å². The fraction of sp³-hybridized carbons (Fsp3) is 0.154. The number of aromatic nitrogens is 3. The van der Waals surface area contributed by atoms with Crippen LogP contribution in [0.5, 0.6) is 5.75 Å². The van der Waals surface area contributed by atoms with Crippen molar-refractivity contribution in [1.82, 2.24) is 19.9 Å². The predicted octanol–water partition coefficient (Wildman–Crippen LogP) is 4.31. The molecule has 8 nitrogen and oxygen atoms in total. The minimum atomic E-state index is -0.315. The van der Waals surface area contributed by atoms with Crippen LogP contribution < -0.4 is 15.4 Å². The first kappa shape index (κ1) is 23.5. The highest BCUT2D eigenvalue weighted by molar-refractivity contribution is 6.30. The van der Waals surface area contributed by atoms with E-state index in [1.165, 1.54) is 12.1 Å². The monoisotopic (exact) mass is 504 g/mol. The van der Waals surface area contributed by atoms with Crippen LogP contribution in [0.2, 0.25) is 5.02 Å². The Bertz CT molecular complexity index is 1440. The van der Waals surface area contributed by atoms with Crippen LogP contribution in [0.15, 0.2) is 73.0 Å². The molecule has 1 fully saturated rings. The molecule has 4 aromatic rings. The van der Waals surface area contributed by atoms with Gasteiger partial charge in [0.05, 0.1) is 11.2 Å². The molecule has 2 aromatic heterocycles. The molecule has 0 aliphatic carbocycles. The van der Waals surface area contributed by atoms with E-state index in [-0.39, 0.29) is 23.4 Å². The van der Waals surface area contributed by atoms with Gasteiger partial charge in [0.1, 0.15) is 17.1 Å². The number of hydrogen-bond donors (Lipinski definition) is 1. The maximum Gasteiger partial charge on any atom is 0.289 e. The average Bonchev–Trinajstić information content (AvgIpc) is 2.89. The van der Waals surface area contributed by atoms with E-state index in [0.29, 0.717) is 59.5 Å². The second kappa shape index (κ2) is 9.79. The van der Waals surface area contributed by atoms with Gasteiger partial charge in [0.25, 0.3) is 5.91 Å². The van der Waals surface area contributed by atoms with Crippen LogP contribution >= 0.6 is 11.6 Å². The van der Waals surface area contributed by atoms with Crippen molar-refractivity contribution in [2.75, 3.05) is 36.8 Å². The van der Waals surface area contributed by atoms with Crippen LogP contribution in [0.1, 0.15) is 0 Å².